The lowest BCUT2D eigenvalue weighted by Gasteiger charge is -2.14. The molecule has 2 heteroatoms. The summed E-state index contributed by atoms with van der Waals surface area (Å²) in [7, 11) is 0. The summed E-state index contributed by atoms with van der Waals surface area (Å²) in [4.78, 5) is 0. The molecule has 2 N–H and O–H groups in total. The smallest absolute Gasteiger partial charge is 0.119 e. The van der Waals surface area contributed by atoms with Crippen LogP contribution in [0.3, 0.4) is 0 Å². The molecule has 2 nitrogen and oxygen atoms in total. The summed E-state index contributed by atoms with van der Waals surface area (Å²) < 4.78 is 5.71. The van der Waals surface area contributed by atoms with Crippen molar-refractivity contribution >= 4 is 0 Å². The van der Waals surface area contributed by atoms with Crippen molar-refractivity contribution in [1.29, 1.82) is 0 Å². The summed E-state index contributed by atoms with van der Waals surface area (Å²) in [5, 5.41) is 0. The van der Waals surface area contributed by atoms with Gasteiger partial charge in [0, 0.05) is 6.04 Å². The zero-order valence-electron chi connectivity index (χ0n) is 11.7. The molecular weight excluding hydrogens is 246 g/mol. The average molecular weight is 267 g/mol. The molecule has 0 spiro atoms. The third-order valence-corrected chi connectivity index (χ3v) is 3.87. The SMILES string of the molecule is NC(COc1ccccc1)Cc1ccc2c(c1)CCC2. The Kier molecular flexibility index (Phi) is 4.03. The van der Waals surface area contributed by atoms with Crippen LogP contribution >= 0.6 is 0 Å². The standard InChI is InChI=1S/C18H21NO/c19-17(13-20-18-7-2-1-3-8-18)12-14-9-10-15-5-4-6-16(15)11-14/h1-3,7-11,17H,4-6,12-13,19H2. The van der Waals surface area contributed by atoms with Gasteiger partial charge in [-0.2, -0.15) is 0 Å². The van der Waals surface area contributed by atoms with Crippen LogP contribution < -0.4 is 10.5 Å². The van der Waals surface area contributed by atoms with Gasteiger partial charge in [-0.15, -0.1) is 0 Å². The quantitative estimate of drug-likeness (QED) is 0.903. The third-order valence-electron chi connectivity index (χ3n) is 3.87. The molecule has 2 aromatic carbocycles. The fourth-order valence-corrected chi connectivity index (χ4v) is 2.83. The molecule has 1 atom stereocenters. The maximum Gasteiger partial charge on any atom is 0.119 e. The highest BCUT2D eigenvalue weighted by Crippen LogP contribution is 2.23. The number of hydrogen-bond donors (Lipinski definition) is 1. The van der Waals surface area contributed by atoms with Crippen molar-refractivity contribution in [2.24, 2.45) is 5.73 Å². The van der Waals surface area contributed by atoms with E-state index >= 15 is 0 Å². The van der Waals surface area contributed by atoms with Crippen molar-refractivity contribution in [3.8, 4) is 5.75 Å². The summed E-state index contributed by atoms with van der Waals surface area (Å²) in [5.74, 6) is 0.886. The Hall–Kier alpha value is -1.80. The summed E-state index contributed by atoms with van der Waals surface area (Å²) in [6.07, 6.45) is 4.62. The Morgan fingerprint density at radius 1 is 1.00 bits per heavy atom. The van der Waals surface area contributed by atoms with E-state index in [0.29, 0.717) is 6.61 Å². The molecule has 104 valence electrons. The van der Waals surface area contributed by atoms with Crippen molar-refractivity contribution in [3.05, 3.63) is 65.2 Å². The van der Waals surface area contributed by atoms with Crippen molar-refractivity contribution in [1.82, 2.24) is 0 Å². The van der Waals surface area contributed by atoms with Gasteiger partial charge in [-0.05, 0) is 54.5 Å². The van der Waals surface area contributed by atoms with Gasteiger partial charge in [0.05, 0.1) is 0 Å². The van der Waals surface area contributed by atoms with Crippen LogP contribution in [0.25, 0.3) is 0 Å². The van der Waals surface area contributed by atoms with E-state index < -0.39 is 0 Å². The van der Waals surface area contributed by atoms with Gasteiger partial charge in [-0.1, -0.05) is 36.4 Å². The van der Waals surface area contributed by atoms with Gasteiger partial charge in [-0.25, -0.2) is 0 Å². The normalized spacial score (nSPS) is 14.8. The number of nitrogens with two attached hydrogens (primary N) is 1. The van der Waals surface area contributed by atoms with Gasteiger partial charge in [0.25, 0.3) is 0 Å². The van der Waals surface area contributed by atoms with Crippen LogP contribution in [-0.4, -0.2) is 12.6 Å². The molecule has 20 heavy (non-hydrogen) atoms. The fourth-order valence-electron chi connectivity index (χ4n) is 2.83. The first-order valence-electron chi connectivity index (χ1n) is 7.35. The number of aryl methyl sites for hydroxylation is 2. The molecule has 0 aromatic heterocycles. The molecule has 0 fully saturated rings. The second-order valence-corrected chi connectivity index (χ2v) is 5.54. The van der Waals surface area contributed by atoms with E-state index in [4.69, 9.17) is 10.5 Å². The molecule has 0 saturated heterocycles. The first-order valence-corrected chi connectivity index (χ1v) is 7.35. The lowest BCUT2D eigenvalue weighted by atomic mass is 10.0. The molecule has 0 amide bonds. The molecule has 0 heterocycles. The average Bonchev–Trinajstić information content (AvgIpc) is 2.94. The van der Waals surface area contributed by atoms with Crippen LogP contribution in [0.5, 0.6) is 5.75 Å². The predicted molar refractivity (Wildman–Crippen MR) is 82.1 cm³/mol. The molecule has 0 aliphatic heterocycles. The lowest BCUT2D eigenvalue weighted by molar-refractivity contribution is 0.287. The largest absolute Gasteiger partial charge is 0.492 e. The van der Waals surface area contributed by atoms with E-state index in [9.17, 15) is 0 Å². The maximum absolute atomic E-state index is 6.17. The van der Waals surface area contributed by atoms with Crippen molar-refractivity contribution < 1.29 is 4.74 Å². The van der Waals surface area contributed by atoms with Crippen LogP contribution in [0, 0.1) is 0 Å². The van der Waals surface area contributed by atoms with Crippen molar-refractivity contribution in [2.75, 3.05) is 6.61 Å². The maximum atomic E-state index is 6.17. The summed E-state index contributed by atoms with van der Waals surface area (Å²) in [6.45, 7) is 0.557. The molecule has 1 unspecified atom stereocenters. The van der Waals surface area contributed by atoms with E-state index in [1.54, 1.807) is 0 Å². The highest BCUT2D eigenvalue weighted by Gasteiger charge is 2.12. The fraction of sp³-hybridized carbons (Fsp3) is 0.333. The number of ether oxygens (including phenoxy) is 1. The molecule has 3 rings (SSSR count). The molecule has 0 saturated carbocycles. The molecule has 1 aliphatic rings. The van der Waals surface area contributed by atoms with Crippen molar-refractivity contribution in [3.63, 3.8) is 0 Å². The highest BCUT2D eigenvalue weighted by atomic mass is 16.5. The van der Waals surface area contributed by atoms with Gasteiger partial charge in [-0.3, -0.25) is 0 Å². The summed E-state index contributed by atoms with van der Waals surface area (Å²) in [5.41, 5.74) is 10.5. The monoisotopic (exact) mass is 267 g/mol. The number of hydrogen-bond acceptors (Lipinski definition) is 2. The lowest BCUT2D eigenvalue weighted by Crippen LogP contribution is -2.30. The third kappa shape index (κ3) is 3.20. The van der Waals surface area contributed by atoms with Crippen LogP contribution in [0.1, 0.15) is 23.1 Å². The van der Waals surface area contributed by atoms with Crippen molar-refractivity contribution in [2.45, 2.75) is 31.7 Å². The Labute approximate surface area is 120 Å². The Morgan fingerprint density at radius 3 is 2.65 bits per heavy atom. The van der Waals surface area contributed by atoms with E-state index in [2.05, 4.69) is 18.2 Å². The molecule has 0 radical (unpaired) electrons. The molecule has 2 aromatic rings. The molecule has 1 aliphatic carbocycles. The van der Waals surface area contributed by atoms with E-state index in [1.165, 1.54) is 36.0 Å². The summed E-state index contributed by atoms with van der Waals surface area (Å²) >= 11 is 0. The Morgan fingerprint density at radius 2 is 1.80 bits per heavy atom. The van der Waals surface area contributed by atoms with Gasteiger partial charge >= 0.3 is 0 Å². The predicted octanol–water partition coefficient (Wildman–Crippen LogP) is 3.12. The Balaban J connectivity index is 1.55. The number of para-hydroxylation sites is 1. The van der Waals surface area contributed by atoms with Gasteiger partial charge in [0.15, 0.2) is 0 Å². The van der Waals surface area contributed by atoms with Gasteiger partial charge < -0.3 is 10.5 Å². The minimum Gasteiger partial charge on any atom is -0.492 e. The van der Waals surface area contributed by atoms with E-state index in [0.717, 1.165) is 12.2 Å². The van der Waals surface area contributed by atoms with Crippen LogP contribution in [-0.2, 0) is 19.3 Å². The number of rotatable bonds is 5. The highest BCUT2D eigenvalue weighted by molar-refractivity contribution is 5.35. The topological polar surface area (TPSA) is 35.2 Å². The first kappa shape index (κ1) is 13.2. The summed E-state index contributed by atoms with van der Waals surface area (Å²) in [6, 6.07) is 16.7. The van der Waals surface area contributed by atoms with Crippen LogP contribution in [0.4, 0.5) is 0 Å². The molecular formula is C18H21NO. The minimum atomic E-state index is 0.0367. The second kappa shape index (κ2) is 6.10. The van der Waals surface area contributed by atoms with Gasteiger partial charge in [0.2, 0.25) is 0 Å². The zero-order valence-corrected chi connectivity index (χ0v) is 11.7. The number of fused-ring (bicyclic) bond motifs is 1. The Bertz CT molecular complexity index is 565. The minimum absolute atomic E-state index is 0.0367. The number of benzene rings is 2. The van der Waals surface area contributed by atoms with E-state index in [1.807, 2.05) is 30.3 Å². The molecule has 0 bridgehead atoms. The zero-order chi connectivity index (χ0) is 13.8. The second-order valence-electron chi connectivity index (χ2n) is 5.54. The van der Waals surface area contributed by atoms with Crippen LogP contribution in [0.15, 0.2) is 48.5 Å². The van der Waals surface area contributed by atoms with Crippen LogP contribution in [0.2, 0.25) is 0 Å². The van der Waals surface area contributed by atoms with Gasteiger partial charge in [0.1, 0.15) is 12.4 Å². The van der Waals surface area contributed by atoms with E-state index in [-0.39, 0.29) is 6.04 Å². The first-order chi connectivity index (χ1) is 9.81.